The number of aromatic nitrogens is 7. The van der Waals surface area contributed by atoms with E-state index in [1.54, 1.807) is 5.48 Å². The van der Waals surface area contributed by atoms with Gasteiger partial charge in [0.05, 0.1) is 46.9 Å². The van der Waals surface area contributed by atoms with Crippen LogP contribution in [-0.4, -0.2) is 64.4 Å². The third-order valence-electron chi connectivity index (χ3n) is 19.7. The highest BCUT2D eigenvalue weighted by Gasteiger charge is 2.57. The lowest BCUT2D eigenvalue weighted by Crippen LogP contribution is -2.52. The standard InChI is InChI=1S/2C22H25N3O.C22H23N3O.CH5NO.2CH4/c1-4-16-18-11-10-17-19(14-8-6-5-7-9-14)25(3)24-21(17)22(18,2)12-15-13-23-26-20(15)16;2*1-5-15-17-12-11-16-19(14-9-7-6-8-10-14)25(4)24-21(16)22(17,2)13-18(23-3)20(15)26;1-2-3;;/h5-9,13,16,18H,4,10-12H2,1-3H3;6-10,15,17-18H,5,11-13H2,1-2,4H3;6-10,13,15,17H,5,11-12H2,1-2,4H3;2-3H,1H3;2*1H4/t16-,18-,22-;15-,17-,18?,22-;15-,17-,22-;;;/m000.../s1/i;;;;1T;. The number of aryl methyl sites for hydroxylation is 3. The van der Waals surface area contributed by atoms with E-state index in [-0.39, 0.29) is 58.7 Å². The van der Waals surface area contributed by atoms with Crippen molar-refractivity contribution in [1.82, 2.24) is 40.0 Å². The Morgan fingerprint density at radius 1 is 0.663 bits per heavy atom. The van der Waals surface area contributed by atoms with Crippen LogP contribution in [0.2, 0.25) is 0 Å². The molecule has 1 saturated carbocycles. The number of carbonyl (C=O) groups excluding carboxylic acids is 2. The van der Waals surface area contributed by atoms with Crippen LogP contribution < -0.4 is 5.48 Å². The number of ketones is 2. The molecule has 2 N–H and O–H groups in total. The van der Waals surface area contributed by atoms with Gasteiger partial charge in [0.25, 0.3) is 6.04 Å². The van der Waals surface area contributed by atoms with E-state index in [2.05, 4.69) is 135 Å². The average molecular weight is 1120 g/mol. The molecule has 7 aromatic rings. The maximum Gasteiger partial charge on any atom is 0.282 e. The van der Waals surface area contributed by atoms with Crippen molar-refractivity contribution >= 4 is 11.6 Å². The molecule has 0 saturated heterocycles. The second-order valence-electron chi connectivity index (χ2n) is 24.0. The minimum atomic E-state index is -0.519. The number of carbonyl (C=O) groups is 2. The van der Waals surface area contributed by atoms with E-state index in [9.17, 15) is 9.59 Å². The molecule has 3 aromatic carbocycles. The maximum atomic E-state index is 12.8. The van der Waals surface area contributed by atoms with Gasteiger partial charge in [-0.1, -0.05) is 159 Å². The zero-order valence-electron chi connectivity index (χ0n) is 50.8. The fourth-order valence-corrected chi connectivity index (χ4v) is 16.1. The Hall–Kier alpha value is -7.52. The Morgan fingerprint density at radius 2 is 1.08 bits per heavy atom. The summed E-state index contributed by atoms with van der Waals surface area (Å²) in [5.41, 5.74) is 17.5. The number of Topliss-reactive ketones (excluding diaryl/α,β-unsaturated/α-hetero) is 2. The number of rotatable bonds is 6. The lowest BCUT2D eigenvalue weighted by Gasteiger charge is -2.47. The van der Waals surface area contributed by atoms with Gasteiger partial charge in [-0.15, -0.1) is 0 Å². The van der Waals surface area contributed by atoms with Crippen molar-refractivity contribution in [2.75, 3.05) is 7.05 Å². The van der Waals surface area contributed by atoms with Crippen molar-refractivity contribution < 1.29 is 20.7 Å². The van der Waals surface area contributed by atoms with Gasteiger partial charge < -0.3 is 19.4 Å². The summed E-state index contributed by atoms with van der Waals surface area (Å²) >= 11 is 0. The van der Waals surface area contributed by atoms with Crippen LogP contribution >= 0.6 is 0 Å². The molecule has 83 heavy (non-hydrogen) atoms. The SMILES string of the molecule is C.CC[C@@H]1c2oncc2C[C@]2(C)c3nn(C)c(-c4ccccc4)c3CC[C@@H]12.CNO.[3H]C.[C-]#[N+]C1=C[C@]2(C)c3nn(C)c(-c4ccccc4)c3CC[C@H]2[C@H](CC)C1=O.[C-]#[N+]C1C[C@]2(C)c3nn(C)c(-c4ccccc4)c3CC[C@H]2[C@H](CC)C1=O. The maximum absolute atomic E-state index is 12.8. The lowest BCUT2D eigenvalue weighted by molar-refractivity contribution is -0.130. The predicted octanol–water partition coefficient (Wildman–Crippen LogP) is 14.0. The summed E-state index contributed by atoms with van der Waals surface area (Å²) in [6.45, 7) is 28.2. The Bertz CT molecular complexity index is 3570. The molecular formula is C69H86N10O4. The molecule has 0 bridgehead atoms. The molecular weight excluding hydrogens is 1030 g/mol. The second kappa shape index (κ2) is 24.7. The summed E-state index contributed by atoms with van der Waals surface area (Å²) < 4.78 is 17.5. The summed E-state index contributed by atoms with van der Waals surface area (Å²) in [5, 5.41) is 26.4. The monoisotopic (exact) mass is 1120 g/mol. The Kier molecular flexibility index (Phi) is 17.9. The summed E-state index contributed by atoms with van der Waals surface area (Å²) in [5.74, 6) is 2.74. The molecule has 13 rings (SSSR count). The Labute approximate surface area is 493 Å². The summed E-state index contributed by atoms with van der Waals surface area (Å²) in [7, 11) is 8.77. The Balaban J connectivity index is 0.000000157. The molecule has 6 aliphatic carbocycles. The third-order valence-corrected chi connectivity index (χ3v) is 19.7. The van der Waals surface area contributed by atoms with E-state index in [4.69, 9.17) is 39.5 Å². The van der Waals surface area contributed by atoms with E-state index in [1.807, 2.05) is 60.0 Å². The molecule has 1 fully saturated rings. The van der Waals surface area contributed by atoms with Gasteiger partial charge >= 0.3 is 0 Å². The van der Waals surface area contributed by atoms with E-state index >= 15 is 0 Å². The molecule has 0 spiro atoms. The van der Waals surface area contributed by atoms with Crippen LogP contribution in [-0.2, 0) is 72.7 Å². The first kappa shape index (κ1) is 60.1. The summed E-state index contributed by atoms with van der Waals surface area (Å²) in [4.78, 5) is 32.7. The van der Waals surface area contributed by atoms with Gasteiger partial charge in [-0.2, -0.15) is 15.3 Å². The quantitative estimate of drug-likeness (QED) is 0.122. The fraction of sp³-hybridized carbons (Fsp3) is 0.478. The number of nitrogens with one attached hydrogen (secondary N) is 1. The highest BCUT2D eigenvalue weighted by molar-refractivity contribution is 6.00. The molecule has 0 amide bonds. The number of hydrogen-bond acceptors (Lipinski definition) is 9. The van der Waals surface area contributed by atoms with Crippen LogP contribution in [0.1, 0.15) is 154 Å². The van der Waals surface area contributed by atoms with Crippen LogP contribution in [0, 0.1) is 42.7 Å². The molecule has 436 valence electrons. The van der Waals surface area contributed by atoms with Crippen molar-refractivity contribution in [3.63, 3.8) is 0 Å². The summed E-state index contributed by atoms with van der Waals surface area (Å²) in [6.07, 6.45) is 14.2. The first-order valence-corrected chi connectivity index (χ1v) is 29.2. The minimum absolute atomic E-state index is 0. The highest BCUT2D eigenvalue weighted by atomic mass is 16.5. The smallest absolute Gasteiger partial charge is 0.282 e. The van der Waals surface area contributed by atoms with Gasteiger partial charge in [-0.3, -0.25) is 18.8 Å². The van der Waals surface area contributed by atoms with Gasteiger partial charge in [0, 0.05) is 109 Å². The van der Waals surface area contributed by atoms with Gasteiger partial charge in [-0.25, -0.2) is 16.9 Å². The van der Waals surface area contributed by atoms with Crippen molar-refractivity contribution in [1.29, 1.82) is 0 Å². The van der Waals surface area contributed by atoms with Crippen LogP contribution in [0.3, 0.4) is 0 Å². The Morgan fingerprint density at radius 3 is 1.53 bits per heavy atom. The van der Waals surface area contributed by atoms with Crippen LogP contribution in [0.5, 0.6) is 0 Å². The van der Waals surface area contributed by atoms with Crippen molar-refractivity contribution in [3.05, 3.63) is 177 Å². The highest BCUT2D eigenvalue weighted by Crippen LogP contribution is 2.57. The average Bonchev–Trinajstić information content (AvgIpc) is 1.80. The van der Waals surface area contributed by atoms with E-state index in [1.165, 1.54) is 76.9 Å². The van der Waals surface area contributed by atoms with Crippen molar-refractivity contribution in [3.8, 4) is 33.8 Å². The minimum Gasteiger partial charge on any atom is -0.361 e. The van der Waals surface area contributed by atoms with E-state index < -0.39 is 6.04 Å². The summed E-state index contributed by atoms with van der Waals surface area (Å²) in [6, 6.07) is 30.9. The van der Waals surface area contributed by atoms with Gasteiger partial charge in [0.1, 0.15) is 5.76 Å². The number of fused-ring (bicyclic) bond motifs is 10. The molecule has 14 heteroatoms. The van der Waals surface area contributed by atoms with Crippen molar-refractivity contribution in [2.24, 2.45) is 50.7 Å². The zero-order chi connectivity index (χ0) is 59.5. The molecule has 14 nitrogen and oxygen atoms in total. The van der Waals surface area contributed by atoms with Crippen LogP contribution in [0.4, 0.5) is 0 Å². The third kappa shape index (κ3) is 10.3. The molecule has 10 atom stereocenters. The lowest BCUT2D eigenvalue weighted by atomic mass is 9.54. The van der Waals surface area contributed by atoms with Crippen LogP contribution in [0.15, 0.2) is 113 Å². The van der Waals surface area contributed by atoms with Crippen molar-refractivity contribution in [2.45, 2.75) is 155 Å². The largest absolute Gasteiger partial charge is 0.361 e. The molecule has 1 unspecified atom stereocenters. The topological polar surface area (TPSA) is 155 Å². The number of nitrogens with zero attached hydrogens (tertiary/aromatic N) is 9. The normalized spacial score (nSPS) is 26.8. The van der Waals surface area contributed by atoms with E-state index in [0.717, 1.165) is 80.6 Å². The molecule has 4 heterocycles. The second-order valence-corrected chi connectivity index (χ2v) is 24.0. The molecule has 0 radical (unpaired) electrons. The number of benzene rings is 3. The van der Waals surface area contributed by atoms with Gasteiger partial charge in [0.15, 0.2) is 5.78 Å². The first-order chi connectivity index (χ1) is 40.1. The molecule has 6 aliphatic rings. The molecule has 4 aromatic heterocycles. The van der Waals surface area contributed by atoms with Gasteiger partial charge in [0.2, 0.25) is 11.5 Å². The first-order valence-electron chi connectivity index (χ1n) is 30.2. The number of allylic oxidation sites excluding steroid dienone is 2. The van der Waals surface area contributed by atoms with E-state index in [0.29, 0.717) is 24.2 Å². The number of hydroxylamine groups is 1. The number of hydrogen-bond donors (Lipinski definition) is 2. The predicted molar refractivity (Wildman–Crippen MR) is 328 cm³/mol. The molecule has 0 aliphatic heterocycles. The fourth-order valence-electron chi connectivity index (χ4n) is 16.1. The zero-order valence-corrected chi connectivity index (χ0v) is 49.8. The van der Waals surface area contributed by atoms with Gasteiger partial charge in [-0.05, 0) is 82.0 Å². The van der Waals surface area contributed by atoms with Crippen LogP contribution in [0.25, 0.3) is 43.5 Å².